The van der Waals surface area contributed by atoms with E-state index in [1.54, 1.807) is 30.3 Å². The average Bonchev–Trinajstić information content (AvgIpc) is 2.30. The number of nitrogens with zero attached hydrogens (tertiary/aromatic N) is 1. The van der Waals surface area contributed by atoms with E-state index in [0.717, 1.165) is 0 Å². The first-order chi connectivity index (χ1) is 7.66. The van der Waals surface area contributed by atoms with Crippen LogP contribution in [0.1, 0.15) is 23.2 Å². The molecule has 0 amide bonds. The topological polar surface area (TPSA) is 78.2 Å². The predicted octanol–water partition coefficient (Wildman–Crippen LogP) is 1.87. The van der Waals surface area contributed by atoms with Crippen molar-refractivity contribution in [2.45, 2.75) is 12.8 Å². The Balaban J connectivity index is 2.84. The highest BCUT2D eigenvalue weighted by Crippen LogP contribution is 2.14. The molecule has 16 heavy (non-hydrogen) atoms. The van der Waals surface area contributed by atoms with Crippen LogP contribution in [-0.2, 0) is 4.79 Å². The van der Waals surface area contributed by atoms with Crippen molar-refractivity contribution in [3.05, 3.63) is 35.9 Å². The summed E-state index contributed by atoms with van der Waals surface area (Å²) in [7, 11) is 0. The summed E-state index contributed by atoms with van der Waals surface area (Å²) in [6.45, 7) is 0. The number of hydrogen-bond acceptors (Lipinski definition) is 3. The third-order valence-corrected chi connectivity index (χ3v) is 2.22. The molecule has 1 atom stereocenters. The monoisotopic (exact) mass is 217 g/mol. The maximum absolute atomic E-state index is 11.8. The standard InChI is InChI=1S/C12H11NO3/c13-8-4-7-10(12(15)16)11(14)9-5-2-1-3-6-9/h1-3,5-6,10H,4,7H2,(H,15,16). The summed E-state index contributed by atoms with van der Waals surface area (Å²) in [5, 5.41) is 17.3. The number of aliphatic carboxylic acids is 1. The van der Waals surface area contributed by atoms with Gasteiger partial charge in [-0.2, -0.15) is 5.26 Å². The van der Waals surface area contributed by atoms with Crippen LogP contribution < -0.4 is 0 Å². The lowest BCUT2D eigenvalue weighted by Gasteiger charge is -2.08. The SMILES string of the molecule is N#CCCC(C(=O)O)C(=O)c1ccccc1. The van der Waals surface area contributed by atoms with Crippen LogP contribution in [0.2, 0.25) is 0 Å². The van der Waals surface area contributed by atoms with Gasteiger partial charge in [0.15, 0.2) is 5.78 Å². The van der Waals surface area contributed by atoms with Gasteiger partial charge in [-0.15, -0.1) is 0 Å². The molecule has 0 fully saturated rings. The van der Waals surface area contributed by atoms with Gasteiger partial charge in [0.1, 0.15) is 5.92 Å². The maximum Gasteiger partial charge on any atom is 0.314 e. The van der Waals surface area contributed by atoms with Crippen LogP contribution >= 0.6 is 0 Å². The zero-order valence-electron chi connectivity index (χ0n) is 8.59. The number of Topliss-reactive ketones (excluding diaryl/α,β-unsaturated/α-hetero) is 1. The smallest absolute Gasteiger partial charge is 0.314 e. The van der Waals surface area contributed by atoms with E-state index in [9.17, 15) is 9.59 Å². The highest BCUT2D eigenvalue weighted by molar-refractivity contribution is 6.08. The quantitative estimate of drug-likeness (QED) is 0.603. The fraction of sp³-hybridized carbons (Fsp3) is 0.250. The molecule has 82 valence electrons. The van der Waals surface area contributed by atoms with Crippen LogP contribution in [0.3, 0.4) is 0 Å². The van der Waals surface area contributed by atoms with Gasteiger partial charge in [-0.3, -0.25) is 9.59 Å². The van der Waals surface area contributed by atoms with E-state index in [4.69, 9.17) is 10.4 Å². The van der Waals surface area contributed by atoms with Crippen molar-refractivity contribution in [2.24, 2.45) is 5.92 Å². The van der Waals surface area contributed by atoms with E-state index in [1.165, 1.54) is 0 Å². The lowest BCUT2D eigenvalue weighted by molar-refractivity contribution is -0.140. The van der Waals surface area contributed by atoms with E-state index >= 15 is 0 Å². The highest BCUT2D eigenvalue weighted by atomic mass is 16.4. The summed E-state index contributed by atoms with van der Waals surface area (Å²) in [6.07, 6.45) is 0.120. The lowest BCUT2D eigenvalue weighted by atomic mass is 9.94. The molecule has 1 rings (SSSR count). The Bertz CT molecular complexity index is 420. The Kier molecular flexibility index (Phi) is 4.22. The van der Waals surface area contributed by atoms with Gasteiger partial charge in [-0.1, -0.05) is 30.3 Å². The van der Waals surface area contributed by atoms with Crippen LogP contribution in [0.5, 0.6) is 0 Å². The third-order valence-electron chi connectivity index (χ3n) is 2.22. The Labute approximate surface area is 93.1 Å². The van der Waals surface area contributed by atoms with E-state index < -0.39 is 17.7 Å². The molecular formula is C12H11NO3. The minimum atomic E-state index is -1.18. The van der Waals surface area contributed by atoms with Gasteiger partial charge in [-0.25, -0.2) is 0 Å². The molecule has 0 spiro atoms. The van der Waals surface area contributed by atoms with Crippen LogP contribution in [0.4, 0.5) is 0 Å². The van der Waals surface area contributed by atoms with Gasteiger partial charge in [0, 0.05) is 12.0 Å². The average molecular weight is 217 g/mol. The minimum Gasteiger partial charge on any atom is -0.481 e. The Morgan fingerprint density at radius 2 is 1.94 bits per heavy atom. The number of ketones is 1. The lowest BCUT2D eigenvalue weighted by Crippen LogP contribution is -2.23. The molecule has 0 aliphatic carbocycles. The van der Waals surface area contributed by atoms with Crippen LogP contribution in [-0.4, -0.2) is 16.9 Å². The second-order valence-corrected chi connectivity index (χ2v) is 3.32. The maximum atomic E-state index is 11.8. The number of hydrogen-bond donors (Lipinski definition) is 1. The summed E-state index contributed by atoms with van der Waals surface area (Å²) >= 11 is 0. The number of carboxylic acids is 1. The van der Waals surface area contributed by atoms with Gasteiger partial charge in [0.2, 0.25) is 0 Å². The molecule has 0 aliphatic rings. The highest BCUT2D eigenvalue weighted by Gasteiger charge is 2.26. The molecule has 1 aromatic carbocycles. The molecule has 0 radical (unpaired) electrons. The number of carboxylic acid groups (broad SMARTS) is 1. The van der Waals surface area contributed by atoms with Gasteiger partial charge in [0.25, 0.3) is 0 Å². The molecule has 0 bridgehead atoms. The minimum absolute atomic E-state index is 0.0551. The summed E-state index contributed by atoms with van der Waals surface area (Å²) in [6, 6.07) is 10.1. The normalized spacial score (nSPS) is 11.4. The van der Waals surface area contributed by atoms with Crippen LogP contribution in [0.15, 0.2) is 30.3 Å². The largest absolute Gasteiger partial charge is 0.481 e. The first kappa shape index (κ1) is 11.9. The molecule has 0 saturated heterocycles. The van der Waals surface area contributed by atoms with Crippen molar-refractivity contribution in [2.75, 3.05) is 0 Å². The van der Waals surface area contributed by atoms with Crippen LogP contribution in [0, 0.1) is 17.2 Å². The van der Waals surface area contributed by atoms with Gasteiger partial charge >= 0.3 is 5.97 Å². The number of nitriles is 1. The van der Waals surface area contributed by atoms with E-state index in [-0.39, 0.29) is 12.8 Å². The van der Waals surface area contributed by atoms with E-state index in [2.05, 4.69) is 0 Å². The summed E-state index contributed by atoms with van der Waals surface area (Å²) in [5.74, 6) is -2.74. The van der Waals surface area contributed by atoms with Gasteiger partial charge < -0.3 is 5.11 Å². The second kappa shape index (κ2) is 5.66. The molecular weight excluding hydrogens is 206 g/mol. The van der Waals surface area contributed by atoms with Crippen molar-refractivity contribution >= 4 is 11.8 Å². The zero-order valence-corrected chi connectivity index (χ0v) is 8.59. The van der Waals surface area contributed by atoms with Crippen molar-refractivity contribution < 1.29 is 14.7 Å². The molecule has 1 unspecified atom stereocenters. The molecule has 1 aromatic rings. The number of carbonyl (C=O) groups is 2. The Hall–Kier alpha value is -2.15. The van der Waals surface area contributed by atoms with E-state index in [0.29, 0.717) is 5.56 Å². The Morgan fingerprint density at radius 3 is 2.44 bits per heavy atom. The van der Waals surface area contributed by atoms with Crippen LogP contribution in [0.25, 0.3) is 0 Å². The summed E-state index contributed by atoms with van der Waals surface area (Å²) in [4.78, 5) is 22.7. The van der Waals surface area contributed by atoms with E-state index in [1.807, 2.05) is 6.07 Å². The number of carbonyl (C=O) groups excluding carboxylic acids is 1. The third kappa shape index (κ3) is 2.92. The molecule has 0 heterocycles. The summed E-state index contributed by atoms with van der Waals surface area (Å²) < 4.78 is 0. The van der Waals surface area contributed by atoms with Crippen molar-refractivity contribution in [1.29, 1.82) is 5.26 Å². The predicted molar refractivity (Wildman–Crippen MR) is 56.7 cm³/mol. The Morgan fingerprint density at radius 1 is 1.31 bits per heavy atom. The fourth-order valence-corrected chi connectivity index (χ4v) is 1.38. The molecule has 0 aromatic heterocycles. The number of benzene rings is 1. The molecule has 0 saturated carbocycles. The molecule has 4 heteroatoms. The first-order valence-corrected chi connectivity index (χ1v) is 4.86. The zero-order chi connectivity index (χ0) is 12.0. The molecule has 4 nitrogen and oxygen atoms in total. The first-order valence-electron chi connectivity index (χ1n) is 4.86. The van der Waals surface area contributed by atoms with Gasteiger partial charge in [-0.05, 0) is 6.42 Å². The summed E-state index contributed by atoms with van der Waals surface area (Å²) in [5.41, 5.74) is 0.368. The number of rotatable bonds is 5. The fourth-order valence-electron chi connectivity index (χ4n) is 1.38. The molecule has 1 N–H and O–H groups in total. The second-order valence-electron chi connectivity index (χ2n) is 3.32. The van der Waals surface area contributed by atoms with Crippen molar-refractivity contribution in [3.8, 4) is 6.07 Å². The molecule has 0 aliphatic heterocycles. The van der Waals surface area contributed by atoms with Crippen molar-refractivity contribution in [3.63, 3.8) is 0 Å². The van der Waals surface area contributed by atoms with Gasteiger partial charge in [0.05, 0.1) is 6.07 Å². The van der Waals surface area contributed by atoms with Crippen molar-refractivity contribution in [1.82, 2.24) is 0 Å².